The maximum Gasteiger partial charge on any atom is 0.296 e. The van der Waals surface area contributed by atoms with Gasteiger partial charge in [0.25, 0.3) is 6.43 Å². The molecule has 224 valence electrons. The summed E-state index contributed by atoms with van der Waals surface area (Å²) in [5, 5.41) is 13.9. The van der Waals surface area contributed by atoms with Gasteiger partial charge in [-0.25, -0.2) is 13.8 Å². The number of nitrogens with zero attached hydrogens (tertiary/aromatic N) is 6. The summed E-state index contributed by atoms with van der Waals surface area (Å²) in [7, 11) is 2.10. The molecular formula is C30H43F2N7O2. The van der Waals surface area contributed by atoms with Crippen molar-refractivity contribution in [2.24, 2.45) is 5.92 Å². The van der Waals surface area contributed by atoms with Crippen molar-refractivity contribution >= 4 is 22.8 Å². The predicted molar refractivity (Wildman–Crippen MR) is 157 cm³/mol. The van der Waals surface area contributed by atoms with E-state index in [1.165, 1.54) is 4.57 Å². The number of fused-ring (bicyclic) bond motifs is 1. The average molecular weight is 572 g/mol. The molecule has 0 bridgehead atoms. The van der Waals surface area contributed by atoms with Crippen LogP contribution in [0.1, 0.15) is 65.6 Å². The van der Waals surface area contributed by atoms with E-state index in [-0.39, 0.29) is 17.9 Å². The molecule has 2 aliphatic rings. The predicted octanol–water partition coefficient (Wildman–Crippen LogP) is 5.04. The molecule has 2 fully saturated rings. The van der Waals surface area contributed by atoms with Crippen molar-refractivity contribution in [1.29, 1.82) is 0 Å². The van der Waals surface area contributed by atoms with Gasteiger partial charge < -0.3 is 20.1 Å². The molecule has 5 rings (SSSR count). The van der Waals surface area contributed by atoms with Gasteiger partial charge in [-0.2, -0.15) is 9.97 Å². The number of imidazole rings is 1. The Balaban J connectivity index is 1.38. The lowest BCUT2D eigenvalue weighted by Gasteiger charge is -2.42. The normalized spacial score (nSPS) is 23.0. The molecule has 2 atom stereocenters. The van der Waals surface area contributed by atoms with E-state index in [2.05, 4.69) is 41.0 Å². The van der Waals surface area contributed by atoms with Gasteiger partial charge in [0.15, 0.2) is 5.82 Å². The minimum Gasteiger partial charge on any atom is -0.389 e. The highest BCUT2D eigenvalue weighted by atomic mass is 19.3. The summed E-state index contributed by atoms with van der Waals surface area (Å²) in [6.45, 7) is 10.4. The first-order chi connectivity index (χ1) is 19.5. The van der Waals surface area contributed by atoms with E-state index in [9.17, 15) is 13.9 Å². The van der Waals surface area contributed by atoms with Crippen molar-refractivity contribution < 1.29 is 18.6 Å². The Hall–Kier alpha value is -2.89. The number of hydrogen-bond donors (Lipinski definition) is 2. The van der Waals surface area contributed by atoms with Crippen molar-refractivity contribution in [2.45, 2.75) is 83.5 Å². The van der Waals surface area contributed by atoms with Crippen molar-refractivity contribution in [3.63, 3.8) is 0 Å². The van der Waals surface area contributed by atoms with Crippen molar-refractivity contribution in [2.75, 3.05) is 43.6 Å². The maximum absolute atomic E-state index is 14.2. The third-order valence-corrected chi connectivity index (χ3v) is 8.95. The zero-order chi connectivity index (χ0) is 29.3. The number of halogens is 2. The Morgan fingerprint density at radius 2 is 1.83 bits per heavy atom. The maximum atomic E-state index is 14.2. The second kappa shape index (κ2) is 12.1. The lowest BCUT2D eigenvalue weighted by atomic mass is 9.84. The molecule has 0 radical (unpaired) electrons. The van der Waals surface area contributed by atoms with Crippen LogP contribution in [0.25, 0.3) is 16.9 Å². The summed E-state index contributed by atoms with van der Waals surface area (Å²) in [5.41, 5.74) is 0.324. The fraction of sp³-hybridized carbons (Fsp3) is 0.633. The number of nitrogens with one attached hydrogen (secondary N) is 1. The number of para-hydroxylation sites is 2. The third-order valence-electron chi connectivity index (χ3n) is 8.95. The van der Waals surface area contributed by atoms with Gasteiger partial charge in [-0.15, -0.1) is 0 Å². The van der Waals surface area contributed by atoms with E-state index in [0.717, 1.165) is 25.7 Å². The third kappa shape index (κ3) is 6.47. The lowest BCUT2D eigenvalue weighted by molar-refractivity contribution is -0.0244. The molecule has 1 saturated carbocycles. The van der Waals surface area contributed by atoms with Crippen LogP contribution in [0.3, 0.4) is 0 Å². The number of likely N-dealkylation sites (N-methyl/N-ethyl adjacent to an activating group) is 1. The van der Waals surface area contributed by atoms with Crippen LogP contribution in [0.2, 0.25) is 0 Å². The first-order valence-corrected chi connectivity index (χ1v) is 14.7. The second-order valence-electron chi connectivity index (χ2n) is 12.2. The number of hydrogen-bond acceptors (Lipinski definition) is 8. The molecule has 2 N–H and O–H groups in total. The van der Waals surface area contributed by atoms with Crippen LogP contribution in [0.15, 0.2) is 30.3 Å². The quantitative estimate of drug-likeness (QED) is 0.369. The monoisotopic (exact) mass is 571 g/mol. The molecule has 1 aliphatic heterocycles. The summed E-state index contributed by atoms with van der Waals surface area (Å²) in [4.78, 5) is 18.3. The second-order valence-corrected chi connectivity index (χ2v) is 12.2. The number of aromatic nitrogens is 4. The molecule has 1 saturated heterocycles. The summed E-state index contributed by atoms with van der Waals surface area (Å²) in [6.07, 6.45) is 1.45. The SMILES string of the molecule is CC(N(C)[C@H]1CC[C@H](CNc2nc(N3CCOC[C@H]3C)cc(-n3c(C(F)F)nc4ccccc43)n2)CC1)C(C)(C)O. The van der Waals surface area contributed by atoms with Gasteiger partial charge in [-0.3, -0.25) is 9.47 Å². The van der Waals surface area contributed by atoms with Crippen LogP contribution in [-0.4, -0.2) is 86.6 Å². The van der Waals surface area contributed by atoms with Gasteiger partial charge in [0, 0.05) is 31.2 Å². The highest BCUT2D eigenvalue weighted by molar-refractivity contribution is 5.78. The molecule has 41 heavy (non-hydrogen) atoms. The van der Waals surface area contributed by atoms with Gasteiger partial charge in [0.1, 0.15) is 11.6 Å². The summed E-state index contributed by atoms with van der Waals surface area (Å²) in [5.74, 6) is 1.58. The first kappa shape index (κ1) is 29.6. The Bertz CT molecular complexity index is 1320. The average Bonchev–Trinajstić information content (AvgIpc) is 3.35. The summed E-state index contributed by atoms with van der Waals surface area (Å²) >= 11 is 0. The van der Waals surface area contributed by atoms with Gasteiger partial charge in [-0.1, -0.05) is 12.1 Å². The Morgan fingerprint density at radius 1 is 1.12 bits per heavy atom. The van der Waals surface area contributed by atoms with Crippen LogP contribution >= 0.6 is 0 Å². The molecule has 1 aromatic carbocycles. The zero-order valence-electron chi connectivity index (χ0n) is 24.7. The van der Waals surface area contributed by atoms with Gasteiger partial charge in [-0.05, 0) is 78.5 Å². The zero-order valence-corrected chi connectivity index (χ0v) is 24.7. The number of anilines is 2. The van der Waals surface area contributed by atoms with Gasteiger partial charge in [0.05, 0.1) is 35.9 Å². The van der Waals surface area contributed by atoms with Gasteiger partial charge >= 0.3 is 0 Å². The van der Waals surface area contributed by atoms with Crippen molar-refractivity contribution in [3.8, 4) is 5.82 Å². The number of alkyl halides is 2. The molecule has 0 amide bonds. The van der Waals surface area contributed by atoms with Crippen molar-refractivity contribution in [3.05, 3.63) is 36.2 Å². The van der Waals surface area contributed by atoms with Gasteiger partial charge in [0.2, 0.25) is 5.95 Å². The Morgan fingerprint density at radius 3 is 2.51 bits per heavy atom. The largest absolute Gasteiger partial charge is 0.389 e. The number of rotatable bonds is 9. The molecule has 11 heteroatoms. The fourth-order valence-electron chi connectivity index (χ4n) is 6.07. The van der Waals surface area contributed by atoms with E-state index in [0.29, 0.717) is 66.9 Å². The summed E-state index contributed by atoms with van der Waals surface area (Å²) < 4.78 is 35.4. The topological polar surface area (TPSA) is 91.6 Å². The summed E-state index contributed by atoms with van der Waals surface area (Å²) in [6, 6.07) is 9.50. The standard InChI is InChI=1S/C30H43F2N7O2/c1-19-18-41-15-14-38(19)25-16-26(39-24-9-7-6-8-23(24)34-28(39)27(31)32)36-29(35-25)33-17-21-10-12-22(13-11-21)37(5)20(2)30(3,4)40/h6-9,16,19-22,27,40H,10-15,17-18H2,1-5H3,(H,33,35,36)/t19-,20?,21-,22-/m1/s1. The molecular weight excluding hydrogens is 528 g/mol. The van der Waals surface area contributed by atoms with Crippen LogP contribution in [0.4, 0.5) is 20.5 Å². The van der Waals surface area contributed by atoms with E-state index in [1.54, 1.807) is 24.3 Å². The molecule has 2 aromatic heterocycles. The molecule has 3 heterocycles. The van der Waals surface area contributed by atoms with E-state index >= 15 is 0 Å². The molecule has 1 unspecified atom stereocenters. The molecule has 9 nitrogen and oxygen atoms in total. The van der Waals surface area contributed by atoms with E-state index in [1.807, 2.05) is 19.9 Å². The number of morpholine rings is 1. The minimum absolute atomic E-state index is 0.0664. The number of ether oxygens (including phenoxy) is 1. The van der Waals surface area contributed by atoms with Crippen LogP contribution < -0.4 is 10.2 Å². The highest BCUT2D eigenvalue weighted by Crippen LogP contribution is 2.32. The highest BCUT2D eigenvalue weighted by Gasteiger charge is 2.33. The molecule has 1 aliphatic carbocycles. The first-order valence-electron chi connectivity index (χ1n) is 14.7. The van der Waals surface area contributed by atoms with Crippen LogP contribution in [0.5, 0.6) is 0 Å². The lowest BCUT2D eigenvalue weighted by Crippen LogP contribution is -2.50. The Labute approximate surface area is 240 Å². The molecule has 0 spiro atoms. The number of aliphatic hydroxyl groups is 1. The number of benzene rings is 1. The Kier molecular flexibility index (Phi) is 8.77. The minimum atomic E-state index is -2.76. The molecule has 3 aromatic rings. The fourth-order valence-corrected chi connectivity index (χ4v) is 6.07. The smallest absolute Gasteiger partial charge is 0.296 e. The van der Waals surface area contributed by atoms with E-state index < -0.39 is 12.0 Å². The van der Waals surface area contributed by atoms with Crippen LogP contribution in [0, 0.1) is 5.92 Å². The van der Waals surface area contributed by atoms with Crippen molar-refractivity contribution in [1.82, 2.24) is 24.4 Å². The van der Waals surface area contributed by atoms with E-state index in [4.69, 9.17) is 14.7 Å². The van der Waals surface area contributed by atoms with Crippen LogP contribution in [-0.2, 0) is 4.74 Å².